The molecule has 1 N–H and O–H groups in total. The molecule has 0 radical (unpaired) electrons. The molecule has 0 aliphatic rings. The maximum atomic E-state index is 11.9. The van der Waals surface area contributed by atoms with Crippen LogP contribution in [0.25, 0.3) is 0 Å². The van der Waals surface area contributed by atoms with E-state index in [-0.39, 0.29) is 10.2 Å². The summed E-state index contributed by atoms with van der Waals surface area (Å²) in [4.78, 5) is 0. The summed E-state index contributed by atoms with van der Waals surface area (Å²) in [7, 11) is 0. The lowest BCUT2D eigenvalue weighted by molar-refractivity contribution is -0.274. The summed E-state index contributed by atoms with van der Waals surface area (Å²) >= 11 is 3.00. The molecule has 0 aliphatic carbocycles. The van der Waals surface area contributed by atoms with Crippen molar-refractivity contribution in [2.45, 2.75) is 13.3 Å². The molecule has 0 aromatic heterocycles. The maximum absolute atomic E-state index is 11.9. The topological polar surface area (TPSA) is 21.3 Å². The van der Waals surface area contributed by atoms with E-state index in [0.29, 0.717) is 6.54 Å². The Bertz CT molecular complexity index is 341. The van der Waals surface area contributed by atoms with Crippen molar-refractivity contribution in [2.75, 3.05) is 11.9 Å². The van der Waals surface area contributed by atoms with Gasteiger partial charge in [0.25, 0.3) is 0 Å². The third-order valence-electron chi connectivity index (χ3n) is 1.54. The largest absolute Gasteiger partial charge is 0.573 e. The SMILES string of the molecule is CCNc1ccc(OC(F)(F)F)c(Br)c1. The second kappa shape index (κ2) is 4.74. The van der Waals surface area contributed by atoms with Gasteiger partial charge < -0.3 is 10.1 Å². The molecule has 0 fully saturated rings. The normalized spacial score (nSPS) is 11.3. The lowest BCUT2D eigenvalue weighted by atomic mass is 10.3. The summed E-state index contributed by atoms with van der Waals surface area (Å²) < 4.78 is 39.8. The molecule has 2 nitrogen and oxygen atoms in total. The molecule has 0 aliphatic heterocycles. The fourth-order valence-electron chi connectivity index (χ4n) is 1.02. The summed E-state index contributed by atoms with van der Waals surface area (Å²) in [5, 5.41) is 2.97. The Labute approximate surface area is 93.6 Å². The first-order chi connectivity index (χ1) is 6.92. The number of hydrogen-bond acceptors (Lipinski definition) is 2. The Balaban J connectivity index is 2.84. The van der Waals surface area contributed by atoms with Crippen molar-refractivity contribution in [3.63, 3.8) is 0 Å². The molecule has 0 saturated heterocycles. The Kier molecular flexibility index (Phi) is 3.84. The fraction of sp³-hybridized carbons (Fsp3) is 0.333. The van der Waals surface area contributed by atoms with E-state index in [1.165, 1.54) is 18.2 Å². The molecule has 0 unspecified atom stereocenters. The zero-order valence-electron chi connectivity index (χ0n) is 7.86. The van der Waals surface area contributed by atoms with Crippen LogP contribution in [0.4, 0.5) is 18.9 Å². The number of hydrogen-bond donors (Lipinski definition) is 1. The van der Waals surface area contributed by atoms with Crippen molar-refractivity contribution in [2.24, 2.45) is 0 Å². The Morgan fingerprint density at radius 2 is 2.07 bits per heavy atom. The standard InChI is InChI=1S/C9H9BrF3NO/c1-2-14-6-3-4-8(7(10)5-6)15-9(11,12)13/h3-5,14H,2H2,1H3. The molecule has 0 saturated carbocycles. The van der Waals surface area contributed by atoms with E-state index in [9.17, 15) is 13.2 Å². The van der Waals surface area contributed by atoms with Gasteiger partial charge in [0.05, 0.1) is 4.47 Å². The molecular formula is C9H9BrF3NO. The van der Waals surface area contributed by atoms with Gasteiger partial charge in [0.1, 0.15) is 5.75 Å². The first-order valence-electron chi connectivity index (χ1n) is 4.21. The van der Waals surface area contributed by atoms with Crippen LogP contribution < -0.4 is 10.1 Å². The minimum absolute atomic E-state index is 0.246. The van der Waals surface area contributed by atoms with E-state index in [0.717, 1.165) is 5.69 Å². The summed E-state index contributed by atoms with van der Waals surface area (Å²) in [5.74, 6) is -0.246. The molecule has 1 rings (SSSR count). The van der Waals surface area contributed by atoms with Crippen LogP contribution in [-0.2, 0) is 0 Å². The van der Waals surface area contributed by atoms with Gasteiger partial charge in [-0.15, -0.1) is 13.2 Å². The van der Waals surface area contributed by atoms with Crippen LogP contribution in [0.3, 0.4) is 0 Å². The Morgan fingerprint density at radius 1 is 1.40 bits per heavy atom. The highest BCUT2D eigenvalue weighted by molar-refractivity contribution is 9.10. The molecular weight excluding hydrogens is 275 g/mol. The summed E-state index contributed by atoms with van der Waals surface area (Å²) in [6, 6.07) is 4.31. The van der Waals surface area contributed by atoms with Gasteiger partial charge in [0.2, 0.25) is 0 Å². The molecule has 84 valence electrons. The number of rotatable bonds is 3. The number of nitrogens with one attached hydrogen (secondary N) is 1. The monoisotopic (exact) mass is 283 g/mol. The first kappa shape index (κ1) is 12.2. The van der Waals surface area contributed by atoms with E-state index in [1.54, 1.807) is 0 Å². The number of ether oxygens (including phenoxy) is 1. The van der Waals surface area contributed by atoms with Crippen LogP contribution in [0, 0.1) is 0 Å². The highest BCUT2D eigenvalue weighted by Gasteiger charge is 2.31. The van der Waals surface area contributed by atoms with Crippen molar-refractivity contribution in [1.82, 2.24) is 0 Å². The van der Waals surface area contributed by atoms with Crippen LogP contribution in [0.2, 0.25) is 0 Å². The number of anilines is 1. The van der Waals surface area contributed by atoms with E-state index in [2.05, 4.69) is 26.0 Å². The van der Waals surface area contributed by atoms with Gasteiger partial charge in [-0.05, 0) is 41.1 Å². The average molecular weight is 284 g/mol. The van der Waals surface area contributed by atoms with Crippen molar-refractivity contribution in [3.8, 4) is 5.75 Å². The summed E-state index contributed by atoms with van der Waals surface area (Å²) in [5.41, 5.74) is 0.735. The molecule has 0 amide bonds. The van der Waals surface area contributed by atoms with Gasteiger partial charge in [-0.2, -0.15) is 0 Å². The van der Waals surface area contributed by atoms with E-state index < -0.39 is 6.36 Å². The smallest absolute Gasteiger partial charge is 0.405 e. The Hall–Kier alpha value is -0.910. The first-order valence-corrected chi connectivity index (χ1v) is 5.01. The predicted octanol–water partition coefficient (Wildman–Crippen LogP) is 3.78. The van der Waals surface area contributed by atoms with E-state index in [1.807, 2.05) is 6.92 Å². The quantitative estimate of drug-likeness (QED) is 0.912. The molecule has 6 heteroatoms. The van der Waals surface area contributed by atoms with Gasteiger partial charge in [0, 0.05) is 12.2 Å². The van der Waals surface area contributed by atoms with E-state index >= 15 is 0 Å². The lowest BCUT2D eigenvalue weighted by Crippen LogP contribution is -2.17. The molecule has 0 heterocycles. The highest BCUT2D eigenvalue weighted by Crippen LogP contribution is 2.32. The number of alkyl halides is 3. The second-order valence-electron chi connectivity index (χ2n) is 2.72. The molecule has 1 aromatic rings. The molecule has 1 aromatic carbocycles. The maximum Gasteiger partial charge on any atom is 0.573 e. The number of benzene rings is 1. The van der Waals surface area contributed by atoms with Crippen molar-refractivity contribution < 1.29 is 17.9 Å². The third kappa shape index (κ3) is 3.99. The Morgan fingerprint density at radius 3 is 2.53 bits per heavy atom. The zero-order valence-corrected chi connectivity index (χ0v) is 9.45. The molecule has 0 bridgehead atoms. The number of halogens is 4. The average Bonchev–Trinajstić information content (AvgIpc) is 2.08. The minimum atomic E-state index is -4.66. The van der Waals surface area contributed by atoms with Gasteiger partial charge in [0.15, 0.2) is 0 Å². The van der Waals surface area contributed by atoms with Gasteiger partial charge in [-0.1, -0.05) is 0 Å². The van der Waals surface area contributed by atoms with Crippen molar-refractivity contribution in [3.05, 3.63) is 22.7 Å². The van der Waals surface area contributed by atoms with Crippen molar-refractivity contribution >= 4 is 21.6 Å². The second-order valence-corrected chi connectivity index (χ2v) is 3.58. The molecule has 0 atom stereocenters. The van der Waals surface area contributed by atoms with Crippen LogP contribution in [-0.4, -0.2) is 12.9 Å². The molecule has 15 heavy (non-hydrogen) atoms. The van der Waals surface area contributed by atoms with Gasteiger partial charge >= 0.3 is 6.36 Å². The lowest BCUT2D eigenvalue weighted by Gasteiger charge is -2.11. The van der Waals surface area contributed by atoms with Gasteiger partial charge in [-0.3, -0.25) is 0 Å². The third-order valence-corrected chi connectivity index (χ3v) is 2.16. The van der Waals surface area contributed by atoms with Crippen LogP contribution in [0.15, 0.2) is 22.7 Å². The predicted molar refractivity (Wildman–Crippen MR) is 55.0 cm³/mol. The molecule has 0 spiro atoms. The van der Waals surface area contributed by atoms with Crippen LogP contribution in [0.1, 0.15) is 6.92 Å². The van der Waals surface area contributed by atoms with Gasteiger partial charge in [-0.25, -0.2) is 0 Å². The highest BCUT2D eigenvalue weighted by atomic mass is 79.9. The fourth-order valence-corrected chi connectivity index (χ4v) is 1.48. The van der Waals surface area contributed by atoms with Crippen LogP contribution >= 0.6 is 15.9 Å². The summed E-state index contributed by atoms with van der Waals surface area (Å²) in [6.07, 6.45) is -4.66. The summed E-state index contributed by atoms with van der Waals surface area (Å²) in [6.45, 7) is 2.60. The van der Waals surface area contributed by atoms with E-state index in [4.69, 9.17) is 0 Å². The van der Waals surface area contributed by atoms with Crippen molar-refractivity contribution in [1.29, 1.82) is 0 Å². The zero-order chi connectivity index (χ0) is 11.5. The minimum Gasteiger partial charge on any atom is -0.405 e. The van der Waals surface area contributed by atoms with Crippen LogP contribution in [0.5, 0.6) is 5.75 Å².